The highest BCUT2D eigenvalue weighted by Crippen LogP contribution is 2.22. The Kier molecular flexibility index (Phi) is 5.30. The second kappa shape index (κ2) is 7.03. The van der Waals surface area contributed by atoms with Crippen LogP contribution < -0.4 is 5.69 Å². The molecule has 1 aromatic carbocycles. The third-order valence-electron chi connectivity index (χ3n) is 4.23. The number of nitrogens with one attached hydrogen (secondary N) is 1. The number of aromatic amines is 1. The lowest BCUT2D eigenvalue weighted by Crippen LogP contribution is -2.15. The molecule has 0 unspecified atom stereocenters. The summed E-state index contributed by atoms with van der Waals surface area (Å²) in [4.78, 5) is 15.0. The first kappa shape index (κ1) is 17.3. The van der Waals surface area contributed by atoms with E-state index in [-0.39, 0.29) is 5.69 Å². The lowest BCUT2D eigenvalue weighted by molar-refractivity contribution is 0.381. The van der Waals surface area contributed by atoms with Gasteiger partial charge in [0.2, 0.25) is 0 Å². The van der Waals surface area contributed by atoms with Crippen LogP contribution in [0.2, 0.25) is 0 Å². The third kappa shape index (κ3) is 4.72. The van der Waals surface area contributed by atoms with Gasteiger partial charge in [-0.15, -0.1) is 0 Å². The average molecular weight is 312 g/mol. The van der Waals surface area contributed by atoms with Crippen LogP contribution in [0.25, 0.3) is 11.0 Å². The Morgan fingerprint density at radius 2 is 1.78 bits per heavy atom. The number of H-pyrrole nitrogens is 1. The van der Waals surface area contributed by atoms with Crippen molar-refractivity contribution in [2.24, 2.45) is 5.41 Å². The fraction of sp³-hybridized carbons (Fsp3) is 0.450. The van der Waals surface area contributed by atoms with Crippen molar-refractivity contribution in [3.05, 3.63) is 58.0 Å². The minimum atomic E-state index is -0.0513. The Morgan fingerprint density at radius 3 is 2.48 bits per heavy atom. The van der Waals surface area contributed by atoms with E-state index >= 15 is 0 Å². The molecule has 0 saturated heterocycles. The number of nitrogens with zero attached hydrogens (tertiary/aromatic N) is 1. The zero-order valence-electron chi connectivity index (χ0n) is 14.9. The molecule has 3 nitrogen and oxygen atoms in total. The second-order valence-corrected chi connectivity index (χ2v) is 7.43. The maximum Gasteiger partial charge on any atom is 0.326 e. The van der Waals surface area contributed by atoms with Gasteiger partial charge in [0.15, 0.2) is 0 Å². The number of imidazole rings is 1. The van der Waals surface area contributed by atoms with Crippen LogP contribution in [-0.4, -0.2) is 9.55 Å². The average Bonchev–Trinajstić information content (AvgIpc) is 2.78. The molecule has 1 N–H and O–H groups in total. The lowest BCUT2D eigenvalue weighted by Gasteiger charge is -2.16. The van der Waals surface area contributed by atoms with Gasteiger partial charge in [0.05, 0.1) is 11.0 Å². The van der Waals surface area contributed by atoms with Crippen molar-refractivity contribution in [3.8, 4) is 0 Å². The summed E-state index contributed by atoms with van der Waals surface area (Å²) in [6, 6.07) is 7.80. The summed E-state index contributed by atoms with van der Waals surface area (Å²) in [6.07, 6.45) is 6.70. The predicted octanol–water partition coefficient (Wildman–Crippen LogP) is 5.05. The number of fused-ring (bicyclic) bond motifs is 1. The maximum absolute atomic E-state index is 12.1. The summed E-state index contributed by atoms with van der Waals surface area (Å²) in [5.41, 5.74) is 4.69. The van der Waals surface area contributed by atoms with Crippen LogP contribution in [0.5, 0.6) is 0 Å². The van der Waals surface area contributed by atoms with Crippen molar-refractivity contribution in [2.45, 2.75) is 54.0 Å². The largest absolute Gasteiger partial charge is 0.326 e. The Labute approximate surface area is 138 Å². The molecular formula is C20H28N2O. The quantitative estimate of drug-likeness (QED) is 0.771. The molecule has 0 aliphatic carbocycles. The molecule has 0 aliphatic heterocycles. The molecule has 0 saturated carbocycles. The minimum absolute atomic E-state index is 0.0513. The first-order chi connectivity index (χ1) is 10.8. The first-order valence-electron chi connectivity index (χ1n) is 8.29. The molecule has 3 heteroatoms. The molecular weight excluding hydrogens is 284 g/mol. The van der Waals surface area contributed by atoms with E-state index in [2.05, 4.69) is 51.8 Å². The van der Waals surface area contributed by atoms with E-state index in [9.17, 15) is 4.79 Å². The van der Waals surface area contributed by atoms with Gasteiger partial charge in [-0.2, -0.15) is 0 Å². The maximum atomic E-state index is 12.1. The molecule has 1 aromatic heterocycles. The van der Waals surface area contributed by atoms with E-state index in [0.29, 0.717) is 12.0 Å². The fourth-order valence-electron chi connectivity index (χ4n) is 2.56. The highest BCUT2D eigenvalue weighted by molar-refractivity contribution is 5.74. The number of allylic oxidation sites excluding steroid dienone is 4. The van der Waals surface area contributed by atoms with Gasteiger partial charge in [-0.1, -0.05) is 56.2 Å². The zero-order valence-corrected chi connectivity index (χ0v) is 14.9. The van der Waals surface area contributed by atoms with Gasteiger partial charge in [0.25, 0.3) is 0 Å². The number of hydrogen-bond donors (Lipinski definition) is 1. The van der Waals surface area contributed by atoms with Crippen LogP contribution >= 0.6 is 0 Å². The van der Waals surface area contributed by atoms with Crippen LogP contribution in [0.1, 0.15) is 47.5 Å². The van der Waals surface area contributed by atoms with Crippen molar-refractivity contribution in [3.63, 3.8) is 0 Å². The normalized spacial score (nSPS) is 13.8. The SMILES string of the molecule is CC(=C\CCC(C)(C)C)/C(C)=C/Cn1c(=O)[nH]c2ccccc21. The number of rotatable bonds is 5. The van der Waals surface area contributed by atoms with Gasteiger partial charge in [-0.25, -0.2) is 4.79 Å². The molecule has 0 spiro atoms. The van der Waals surface area contributed by atoms with Crippen LogP contribution in [0.3, 0.4) is 0 Å². The molecule has 2 aromatic rings. The molecule has 0 aliphatic rings. The highest BCUT2D eigenvalue weighted by atomic mass is 16.1. The van der Waals surface area contributed by atoms with Gasteiger partial charge in [-0.3, -0.25) is 4.57 Å². The topological polar surface area (TPSA) is 37.8 Å². The summed E-state index contributed by atoms with van der Waals surface area (Å²) < 4.78 is 1.78. The van der Waals surface area contributed by atoms with E-state index in [1.54, 1.807) is 4.57 Å². The molecule has 124 valence electrons. The summed E-state index contributed by atoms with van der Waals surface area (Å²) in [5, 5.41) is 0. The van der Waals surface area contributed by atoms with Gasteiger partial charge < -0.3 is 4.98 Å². The van der Waals surface area contributed by atoms with Crippen molar-refractivity contribution < 1.29 is 0 Å². The standard InChI is InChI=1S/C20H28N2O/c1-15(9-8-13-20(3,4)5)16(2)12-14-22-18-11-7-6-10-17(18)21-19(22)23/h6-7,9-12H,8,13-14H2,1-5H3,(H,21,23)/b15-9+,16-12+. The summed E-state index contributed by atoms with van der Waals surface area (Å²) in [6.45, 7) is 11.7. The molecule has 23 heavy (non-hydrogen) atoms. The number of aromatic nitrogens is 2. The Morgan fingerprint density at radius 1 is 1.13 bits per heavy atom. The summed E-state index contributed by atoms with van der Waals surface area (Å²) in [7, 11) is 0. The smallest absolute Gasteiger partial charge is 0.306 e. The predicted molar refractivity (Wildman–Crippen MR) is 98.8 cm³/mol. The number of hydrogen-bond acceptors (Lipinski definition) is 1. The Bertz CT molecular complexity index is 782. The van der Waals surface area contributed by atoms with Gasteiger partial charge in [0.1, 0.15) is 0 Å². The van der Waals surface area contributed by atoms with Gasteiger partial charge in [0, 0.05) is 6.54 Å². The Balaban J connectivity index is 2.10. The molecule has 0 bridgehead atoms. The fourth-order valence-corrected chi connectivity index (χ4v) is 2.56. The second-order valence-electron chi connectivity index (χ2n) is 7.43. The minimum Gasteiger partial charge on any atom is -0.306 e. The van der Waals surface area contributed by atoms with Gasteiger partial charge in [-0.05, 0) is 44.2 Å². The summed E-state index contributed by atoms with van der Waals surface area (Å²) >= 11 is 0. The van der Waals surface area contributed by atoms with E-state index < -0.39 is 0 Å². The third-order valence-corrected chi connectivity index (χ3v) is 4.23. The zero-order chi connectivity index (χ0) is 17.0. The summed E-state index contributed by atoms with van der Waals surface area (Å²) in [5.74, 6) is 0. The van der Waals surface area contributed by atoms with Gasteiger partial charge >= 0.3 is 5.69 Å². The van der Waals surface area contributed by atoms with Crippen LogP contribution in [-0.2, 0) is 6.54 Å². The molecule has 1 heterocycles. The number of para-hydroxylation sites is 2. The van der Waals surface area contributed by atoms with Crippen LogP contribution in [0.4, 0.5) is 0 Å². The van der Waals surface area contributed by atoms with Crippen LogP contribution in [0.15, 0.2) is 52.4 Å². The first-order valence-corrected chi connectivity index (χ1v) is 8.29. The molecule has 0 fully saturated rings. The van der Waals surface area contributed by atoms with Crippen molar-refractivity contribution in [1.82, 2.24) is 9.55 Å². The van der Waals surface area contributed by atoms with Crippen molar-refractivity contribution in [2.75, 3.05) is 0 Å². The van der Waals surface area contributed by atoms with Crippen molar-refractivity contribution in [1.29, 1.82) is 0 Å². The number of benzene rings is 1. The monoisotopic (exact) mass is 312 g/mol. The highest BCUT2D eigenvalue weighted by Gasteiger charge is 2.08. The molecule has 2 rings (SSSR count). The van der Waals surface area contributed by atoms with E-state index in [4.69, 9.17) is 0 Å². The lowest BCUT2D eigenvalue weighted by atomic mass is 9.90. The molecule has 0 radical (unpaired) electrons. The van der Waals surface area contributed by atoms with Crippen molar-refractivity contribution >= 4 is 11.0 Å². The van der Waals surface area contributed by atoms with Crippen LogP contribution in [0, 0.1) is 5.41 Å². The van der Waals surface area contributed by atoms with E-state index in [1.165, 1.54) is 17.6 Å². The van der Waals surface area contributed by atoms with E-state index in [0.717, 1.165) is 17.5 Å². The van der Waals surface area contributed by atoms with E-state index in [1.807, 2.05) is 24.3 Å². The Hall–Kier alpha value is -2.03. The molecule has 0 atom stereocenters. The molecule has 0 amide bonds.